The Labute approximate surface area is 372 Å². The third-order valence-electron chi connectivity index (χ3n) is 11.6. The van der Waals surface area contributed by atoms with Crippen LogP contribution in [0.2, 0.25) is 0 Å². The second kappa shape index (κ2) is 26.6. The number of ether oxygens (including phenoxy) is 5. The van der Waals surface area contributed by atoms with E-state index in [-0.39, 0.29) is 61.7 Å². The van der Waals surface area contributed by atoms with Gasteiger partial charge in [-0.3, -0.25) is 24.8 Å². The molecule has 0 unspecified atom stereocenters. The molecule has 2 aromatic carbocycles. The number of rotatable bonds is 20. The standard InChI is InChI=1S/C48H79N2O11P/c1-9-11-13-15-17-19-21-23-25-39-35-60-45-41(49(51)52)31-37(47(3,4)5)33-43(45)62(55,56)44-34-38(48(6,7)8)32-42(50(53)54)46(44)61-36-40(59-30-28-57-27-29-58-39)26-24-22-20-18-16-14-12-10-2/h31-34,39-40H,9-30,35-36H2,1-8H3,(H,55,56)/t39-,40-/m0/s1. The molecule has 1 aliphatic rings. The summed E-state index contributed by atoms with van der Waals surface area (Å²) in [5.74, 6) is -0.747. The minimum absolute atomic E-state index is 0.131. The fourth-order valence-corrected chi connectivity index (χ4v) is 9.45. The molecule has 0 saturated carbocycles. The van der Waals surface area contributed by atoms with Crippen LogP contribution in [0.15, 0.2) is 24.3 Å². The average Bonchev–Trinajstić information content (AvgIpc) is 3.20. The van der Waals surface area contributed by atoms with Gasteiger partial charge in [-0.05, 0) is 46.9 Å². The summed E-state index contributed by atoms with van der Waals surface area (Å²) in [5, 5.41) is 25.1. The van der Waals surface area contributed by atoms with E-state index in [0.29, 0.717) is 24.0 Å². The third-order valence-corrected chi connectivity index (χ3v) is 13.6. The molecule has 1 aliphatic heterocycles. The maximum absolute atomic E-state index is 15.5. The first-order valence-electron chi connectivity index (χ1n) is 23.5. The predicted octanol–water partition coefficient (Wildman–Crippen LogP) is 11.9. The maximum atomic E-state index is 15.5. The van der Waals surface area contributed by atoms with Crippen LogP contribution in [-0.2, 0) is 29.6 Å². The van der Waals surface area contributed by atoms with Crippen molar-refractivity contribution in [3.63, 3.8) is 0 Å². The molecule has 2 aromatic rings. The van der Waals surface area contributed by atoms with Crippen molar-refractivity contribution in [2.45, 2.75) is 194 Å². The van der Waals surface area contributed by atoms with Gasteiger partial charge < -0.3 is 28.6 Å². The lowest BCUT2D eigenvalue weighted by atomic mass is 9.86. The van der Waals surface area contributed by atoms with Crippen LogP contribution >= 0.6 is 7.37 Å². The Balaban J connectivity index is 2.16. The van der Waals surface area contributed by atoms with E-state index in [4.69, 9.17) is 23.7 Å². The van der Waals surface area contributed by atoms with Crippen LogP contribution < -0.4 is 20.1 Å². The van der Waals surface area contributed by atoms with Crippen LogP contribution in [0.1, 0.15) is 182 Å². The molecule has 62 heavy (non-hydrogen) atoms. The summed E-state index contributed by atoms with van der Waals surface area (Å²) in [6.07, 6.45) is 18.1. The summed E-state index contributed by atoms with van der Waals surface area (Å²) in [4.78, 5) is 37.2. The number of nitro groups is 2. The van der Waals surface area contributed by atoms with Gasteiger partial charge >= 0.3 is 11.4 Å². The Morgan fingerprint density at radius 1 is 0.581 bits per heavy atom. The van der Waals surface area contributed by atoms with Gasteiger partial charge in [-0.2, -0.15) is 0 Å². The van der Waals surface area contributed by atoms with Crippen LogP contribution in [0.5, 0.6) is 11.5 Å². The zero-order valence-electron chi connectivity index (χ0n) is 39.3. The number of fused-ring (bicyclic) bond motifs is 2. The van der Waals surface area contributed by atoms with E-state index in [1.807, 2.05) is 41.5 Å². The summed E-state index contributed by atoms with van der Waals surface area (Å²) in [7, 11) is -4.99. The van der Waals surface area contributed by atoms with E-state index in [1.54, 1.807) is 0 Å². The first-order valence-corrected chi connectivity index (χ1v) is 25.1. The number of benzene rings is 2. The highest BCUT2D eigenvalue weighted by molar-refractivity contribution is 7.74. The maximum Gasteiger partial charge on any atom is 0.312 e. The van der Waals surface area contributed by atoms with Crippen LogP contribution in [-0.4, -0.2) is 66.6 Å². The summed E-state index contributed by atoms with van der Waals surface area (Å²) >= 11 is 0. The summed E-state index contributed by atoms with van der Waals surface area (Å²) in [6, 6.07) is 5.70. The van der Waals surface area contributed by atoms with Gasteiger partial charge in [-0.1, -0.05) is 158 Å². The predicted molar refractivity (Wildman–Crippen MR) is 248 cm³/mol. The smallest absolute Gasteiger partial charge is 0.312 e. The van der Waals surface area contributed by atoms with Gasteiger partial charge in [0.15, 0.2) is 0 Å². The Kier molecular flexibility index (Phi) is 22.9. The number of hydrogen-bond acceptors (Lipinski definition) is 10. The fourth-order valence-electron chi connectivity index (χ4n) is 7.65. The van der Waals surface area contributed by atoms with Gasteiger partial charge in [0.25, 0.3) is 7.37 Å². The van der Waals surface area contributed by atoms with Crippen molar-refractivity contribution in [3.05, 3.63) is 55.6 Å². The van der Waals surface area contributed by atoms with E-state index in [1.165, 1.54) is 75.6 Å². The number of unbranched alkanes of at least 4 members (excludes halogenated alkanes) is 14. The van der Waals surface area contributed by atoms with Gasteiger partial charge in [-0.25, -0.2) is 0 Å². The molecule has 0 radical (unpaired) electrons. The van der Waals surface area contributed by atoms with E-state index in [2.05, 4.69) is 13.8 Å². The summed E-state index contributed by atoms with van der Waals surface area (Å²) < 4.78 is 46.6. The van der Waals surface area contributed by atoms with E-state index in [9.17, 15) is 25.1 Å². The highest BCUT2D eigenvalue weighted by Gasteiger charge is 2.41. The molecule has 0 fully saturated rings. The molecule has 0 bridgehead atoms. The van der Waals surface area contributed by atoms with E-state index in [0.717, 1.165) is 51.4 Å². The average molecular weight is 891 g/mol. The Morgan fingerprint density at radius 2 is 0.919 bits per heavy atom. The molecule has 0 saturated heterocycles. The lowest BCUT2D eigenvalue weighted by molar-refractivity contribution is -0.386. The Morgan fingerprint density at radius 3 is 1.24 bits per heavy atom. The van der Waals surface area contributed by atoms with Crippen molar-refractivity contribution in [3.8, 4) is 11.5 Å². The Bertz CT molecular complexity index is 1600. The monoisotopic (exact) mass is 891 g/mol. The van der Waals surface area contributed by atoms with Gasteiger partial charge in [0.2, 0.25) is 11.5 Å². The van der Waals surface area contributed by atoms with E-state index < -0.39 is 51.6 Å². The third kappa shape index (κ3) is 17.5. The molecule has 13 nitrogen and oxygen atoms in total. The molecule has 2 atom stereocenters. The zero-order valence-corrected chi connectivity index (χ0v) is 40.2. The molecule has 1 heterocycles. The normalized spacial score (nSPS) is 18.1. The van der Waals surface area contributed by atoms with Crippen LogP contribution in [0.25, 0.3) is 0 Å². The van der Waals surface area contributed by atoms with Crippen LogP contribution in [0.3, 0.4) is 0 Å². The number of nitrogens with zero attached hydrogens (tertiary/aromatic N) is 2. The van der Waals surface area contributed by atoms with Crippen LogP contribution in [0, 0.1) is 20.2 Å². The van der Waals surface area contributed by atoms with Gasteiger partial charge in [-0.15, -0.1) is 0 Å². The van der Waals surface area contributed by atoms with Crippen LogP contribution in [0.4, 0.5) is 11.4 Å². The van der Waals surface area contributed by atoms with Crippen molar-refractivity contribution in [2.75, 3.05) is 39.6 Å². The molecule has 0 amide bonds. The van der Waals surface area contributed by atoms with Crippen molar-refractivity contribution >= 4 is 29.4 Å². The fraction of sp³-hybridized carbons (Fsp3) is 0.750. The number of nitro benzene ring substituents is 2. The van der Waals surface area contributed by atoms with Gasteiger partial charge in [0.1, 0.15) is 13.2 Å². The SMILES string of the molecule is CCCCCCCCCC[C@H]1COc2c([N+](=O)[O-])cc(C(C)(C)C)cc2P(=O)(O)c2cc(C(C)(C)C)cc([N+](=O)[O-])c2OC[C@H](CCCCCCCCCC)OCCOCCO1. The van der Waals surface area contributed by atoms with E-state index >= 15 is 4.57 Å². The van der Waals surface area contributed by atoms with Crippen molar-refractivity contribution in [1.82, 2.24) is 0 Å². The highest BCUT2D eigenvalue weighted by Crippen LogP contribution is 2.50. The van der Waals surface area contributed by atoms with Crippen molar-refractivity contribution in [2.24, 2.45) is 0 Å². The summed E-state index contributed by atoms with van der Waals surface area (Å²) in [5.41, 5.74) is -1.48. The van der Waals surface area contributed by atoms with Gasteiger partial charge in [0.05, 0.1) is 59.1 Å². The first-order chi connectivity index (χ1) is 29.4. The molecule has 3 rings (SSSR count). The van der Waals surface area contributed by atoms with Crippen molar-refractivity contribution < 1.29 is 43.0 Å². The molecule has 0 aliphatic carbocycles. The van der Waals surface area contributed by atoms with Gasteiger partial charge in [0, 0.05) is 12.1 Å². The molecule has 14 heteroatoms. The Hall–Kier alpha value is -3.09. The summed E-state index contributed by atoms with van der Waals surface area (Å²) in [6.45, 7) is 16.3. The lowest BCUT2D eigenvalue weighted by Gasteiger charge is -2.27. The second-order valence-corrected chi connectivity index (χ2v) is 21.1. The molecule has 1 N–H and O–H groups in total. The minimum atomic E-state index is -4.99. The van der Waals surface area contributed by atoms with Crippen molar-refractivity contribution in [1.29, 1.82) is 0 Å². The minimum Gasteiger partial charge on any atom is -0.483 e. The lowest BCUT2D eigenvalue weighted by Crippen LogP contribution is -2.30. The molecular formula is C48H79N2O11P. The molecular weight excluding hydrogens is 812 g/mol. The first kappa shape index (κ1) is 53.2. The highest BCUT2D eigenvalue weighted by atomic mass is 31.2. The molecule has 0 aromatic heterocycles. The largest absolute Gasteiger partial charge is 0.483 e. The zero-order chi connectivity index (χ0) is 45.8. The number of hydrogen-bond donors (Lipinski definition) is 1. The second-order valence-electron chi connectivity index (χ2n) is 19.0. The molecule has 352 valence electrons. The quantitative estimate of drug-likeness (QED) is 0.0581. The topological polar surface area (TPSA) is 170 Å². The molecule has 0 spiro atoms.